The number of phenolic OH excluding ortho intramolecular Hbond substituents is 1. The van der Waals surface area contributed by atoms with Crippen molar-refractivity contribution in [3.63, 3.8) is 0 Å². The van der Waals surface area contributed by atoms with Gasteiger partial charge in [-0.3, -0.25) is 24.3 Å². The Morgan fingerprint density at radius 1 is 1.34 bits per heavy atom. The largest absolute Gasteiger partial charge is 0.507 e. The molecule has 0 unspecified atom stereocenters. The molecule has 162 valence electrons. The van der Waals surface area contributed by atoms with Crippen LogP contribution in [-0.2, 0) is 4.79 Å². The zero-order chi connectivity index (χ0) is 22.8. The summed E-state index contributed by atoms with van der Waals surface area (Å²) < 4.78 is 7.85. The molecule has 1 aromatic heterocycles. The Morgan fingerprint density at radius 2 is 2.09 bits per heavy atom. The molecule has 0 saturated carbocycles. The molecular weight excluding hydrogens is 434 g/mol. The summed E-state index contributed by atoms with van der Waals surface area (Å²) in [5.41, 5.74) is -0.917. The molecule has 0 amide bonds. The molecule has 0 fully saturated rings. The second kappa shape index (κ2) is 6.86. The molecule has 2 aliphatic rings. The maximum absolute atomic E-state index is 13.4. The molecule has 32 heavy (non-hydrogen) atoms. The van der Waals surface area contributed by atoms with Crippen LogP contribution >= 0.6 is 11.3 Å². The first kappa shape index (κ1) is 20.1. The number of carbonyl (C=O) groups excluding carboxylic acids is 1. The third kappa shape index (κ3) is 2.87. The van der Waals surface area contributed by atoms with Gasteiger partial charge in [0.05, 0.1) is 15.5 Å². The van der Waals surface area contributed by atoms with Crippen molar-refractivity contribution in [2.45, 2.75) is 25.6 Å². The first-order valence-corrected chi connectivity index (χ1v) is 10.6. The number of fused-ring (bicyclic) bond motifs is 6. The van der Waals surface area contributed by atoms with E-state index in [1.165, 1.54) is 35.8 Å². The average Bonchev–Trinajstić information content (AvgIpc) is 3.02. The summed E-state index contributed by atoms with van der Waals surface area (Å²) in [6.45, 7) is 3.19. The lowest BCUT2D eigenvalue weighted by atomic mass is 9.79. The Kier molecular flexibility index (Phi) is 4.31. The average molecular weight is 451 g/mol. The van der Waals surface area contributed by atoms with Gasteiger partial charge < -0.3 is 9.84 Å². The van der Waals surface area contributed by atoms with Crippen molar-refractivity contribution in [1.82, 2.24) is 4.57 Å². The number of benzene rings is 2. The van der Waals surface area contributed by atoms with E-state index in [2.05, 4.69) is 4.99 Å². The van der Waals surface area contributed by atoms with Crippen LogP contribution in [-0.4, -0.2) is 26.1 Å². The quantitative estimate of drug-likeness (QED) is 0.479. The van der Waals surface area contributed by atoms with E-state index in [9.17, 15) is 24.8 Å². The van der Waals surface area contributed by atoms with Gasteiger partial charge in [0, 0.05) is 23.3 Å². The second-order valence-electron chi connectivity index (χ2n) is 7.91. The lowest BCUT2D eigenvalue weighted by Crippen LogP contribution is -2.58. The molecule has 9 nitrogen and oxygen atoms in total. The molecule has 0 saturated heterocycles. The summed E-state index contributed by atoms with van der Waals surface area (Å²) in [6.07, 6.45) is 1.40. The number of aromatic hydroxyl groups is 1. The normalized spacial score (nSPS) is 23.5. The number of ketones is 1. The van der Waals surface area contributed by atoms with E-state index in [1.54, 1.807) is 13.0 Å². The van der Waals surface area contributed by atoms with Crippen molar-refractivity contribution >= 4 is 28.9 Å². The molecular formula is C22H17N3O6S. The minimum absolute atomic E-state index is 0.143. The minimum Gasteiger partial charge on any atom is -0.507 e. The number of nitro benzene ring substituents is 1. The van der Waals surface area contributed by atoms with Crippen molar-refractivity contribution in [3.05, 3.63) is 83.4 Å². The first-order valence-electron chi connectivity index (χ1n) is 9.78. The molecule has 2 aromatic carbocycles. The summed E-state index contributed by atoms with van der Waals surface area (Å²) in [7, 11) is 0. The molecule has 0 spiro atoms. The van der Waals surface area contributed by atoms with Crippen molar-refractivity contribution in [2.75, 3.05) is 0 Å². The lowest BCUT2D eigenvalue weighted by molar-refractivity contribution is -0.384. The summed E-state index contributed by atoms with van der Waals surface area (Å²) in [5.74, 6) is -0.478. The molecule has 2 aliphatic heterocycles. The highest BCUT2D eigenvalue weighted by molar-refractivity contribution is 7.07. The molecule has 5 rings (SSSR count). The number of nitro groups is 1. The Labute approximate surface area is 184 Å². The number of hydrogen-bond acceptors (Lipinski definition) is 8. The number of non-ortho nitro benzene ring substituents is 1. The highest BCUT2D eigenvalue weighted by Crippen LogP contribution is 2.47. The summed E-state index contributed by atoms with van der Waals surface area (Å²) in [6, 6.07) is 10.2. The number of carbonyl (C=O) groups is 1. The Bertz CT molecular complexity index is 1490. The predicted molar refractivity (Wildman–Crippen MR) is 115 cm³/mol. The van der Waals surface area contributed by atoms with Gasteiger partial charge in [0.2, 0.25) is 5.72 Å². The molecule has 3 heterocycles. The number of para-hydroxylation sites is 1. The molecule has 0 aliphatic carbocycles. The van der Waals surface area contributed by atoms with Crippen LogP contribution in [0.3, 0.4) is 0 Å². The second-order valence-corrected chi connectivity index (χ2v) is 8.92. The third-order valence-electron chi connectivity index (χ3n) is 5.83. The van der Waals surface area contributed by atoms with Gasteiger partial charge in [-0.1, -0.05) is 29.5 Å². The summed E-state index contributed by atoms with van der Waals surface area (Å²) in [5, 5.41) is 21.3. The fourth-order valence-corrected chi connectivity index (χ4v) is 5.56. The monoisotopic (exact) mass is 451 g/mol. The van der Waals surface area contributed by atoms with Gasteiger partial charge in [0.25, 0.3) is 11.2 Å². The van der Waals surface area contributed by atoms with Crippen LogP contribution in [0.5, 0.6) is 11.5 Å². The summed E-state index contributed by atoms with van der Waals surface area (Å²) in [4.78, 5) is 41.6. The third-order valence-corrected chi connectivity index (χ3v) is 6.81. The number of nitrogens with zero attached hydrogens (tertiary/aromatic N) is 3. The molecule has 0 radical (unpaired) electrons. The summed E-state index contributed by atoms with van der Waals surface area (Å²) >= 11 is 1.08. The first-order chi connectivity index (χ1) is 15.2. The fourth-order valence-electron chi connectivity index (χ4n) is 4.47. The highest BCUT2D eigenvalue weighted by atomic mass is 32.1. The van der Waals surface area contributed by atoms with E-state index < -0.39 is 28.2 Å². The van der Waals surface area contributed by atoms with Gasteiger partial charge in [-0.2, -0.15) is 0 Å². The standard InChI is InChI=1S/C22H17N3O6S/c1-11(26)18-19-14-5-3-4-6-16(14)31-22(18,2)23-21-24(19)20(28)17(32-21)10-12-9-13(25(29)30)7-8-15(12)27/h3-10,18-19,27H,1-2H3/b17-10-/t18-,19-,22-/m1/s1. The predicted octanol–water partition coefficient (Wildman–Crippen LogP) is 1.89. The van der Waals surface area contributed by atoms with Crippen LogP contribution in [0.2, 0.25) is 0 Å². The van der Waals surface area contributed by atoms with Crippen LogP contribution in [0.1, 0.15) is 31.0 Å². The van der Waals surface area contributed by atoms with Gasteiger partial charge in [-0.15, -0.1) is 0 Å². The number of rotatable bonds is 3. The Morgan fingerprint density at radius 3 is 2.81 bits per heavy atom. The van der Waals surface area contributed by atoms with E-state index in [0.29, 0.717) is 16.1 Å². The number of ether oxygens (including phenoxy) is 1. The van der Waals surface area contributed by atoms with Crippen LogP contribution in [0.4, 0.5) is 5.69 Å². The van der Waals surface area contributed by atoms with Crippen LogP contribution < -0.4 is 19.6 Å². The van der Waals surface area contributed by atoms with Crippen molar-refractivity contribution < 1.29 is 19.6 Å². The van der Waals surface area contributed by atoms with E-state index in [0.717, 1.165) is 11.3 Å². The number of thiazole rings is 1. The SMILES string of the molecule is CC(=O)[C@@H]1[C@H]2c3ccccc3O[C@@]1(C)N=c1s/c(=C\c3cc([N+](=O)[O-])ccc3O)c(=O)n12. The number of phenols is 1. The molecule has 3 atom stereocenters. The van der Waals surface area contributed by atoms with Crippen molar-refractivity contribution in [2.24, 2.45) is 10.9 Å². The van der Waals surface area contributed by atoms with Gasteiger partial charge >= 0.3 is 0 Å². The molecule has 2 bridgehead atoms. The lowest BCUT2D eigenvalue weighted by Gasteiger charge is -2.45. The smallest absolute Gasteiger partial charge is 0.270 e. The number of aromatic nitrogens is 1. The maximum Gasteiger partial charge on any atom is 0.270 e. The van der Waals surface area contributed by atoms with E-state index in [4.69, 9.17) is 4.74 Å². The molecule has 10 heteroatoms. The van der Waals surface area contributed by atoms with Gasteiger partial charge in [0.15, 0.2) is 4.80 Å². The topological polar surface area (TPSA) is 124 Å². The van der Waals surface area contributed by atoms with E-state index >= 15 is 0 Å². The van der Waals surface area contributed by atoms with Crippen molar-refractivity contribution in [3.8, 4) is 11.5 Å². The highest BCUT2D eigenvalue weighted by Gasteiger charge is 2.53. The van der Waals surface area contributed by atoms with Gasteiger partial charge in [0.1, 0.15) is 23.2 Å². The number of hydrogen-bond donors (Lipinski definition) is 1. The van der Waals surface area contributed by atoms with E-state index in [1.807, 2.05) is 18.2 Å². The molecule has 3 aromatic rings. The number of Topliss-reactive ketones (excluding diaryl/α,β-unsaturated/α-hetero) is 1. The fraction of sp³-hybridized carbons (Fsp3) is 0.227. The Hall–Kier alpha value is -3.79. The maximum atomic E-state index is 13.4. The van der Waals surface area contributed by atoms with E-state index in [-0.39, 0.29) is 27.3 Å². The minimum atomic E-state index is -1.17. The molecule has 1 N–H and O–H groups in total. The van der Waals surface area contributed by atoms with Crippen LogP contribution in [0, 0.1) is 16.0 Å². The van der Waals surface area contributed by atoms with Crippen LogP contribution in [0.15, 0.2) is 52.3 Å². The van der Waals surface area contributed by atoms with Gasteiger partial charge in [-0.25, -0.2) is 4.99 Å². The zero-order valence-electron chi connectivity index (χ0n) is 17.0. The van der Waals surface area contributed by atoms with Gasteiger partial charge in [-0.05, 0) is 32.1 Å². The van der Waals surface area contributed by atoms with Crippen molar-refractivity contribution in [1.29, 1.82) is 0 Å². The Balaban J connectivity index is 1.79. The zero-order valence-corrected chi connectivity index (χ0v) is 17.8. The van der Waals surface area contributed by atoms with Crippen LogP contribution in [0.25, 0.3) is 6.08 Å².